The minimum Gasteiger partial charge on any atom is -0.397 e. The number of hydrogen-bond donors (Lipinski definition) is 1. The quantitative estimate of drug-likeness (QED) is 0.844. The minimum atomic E-state index is 0.0206. The Morgan fingerprint density at radius 2 is 1.86 bits per heavy atom. The second kappa shape index (κ2) is 5.64. The Hall–Kier alpha value is -1.03. The Bertz CT molecular complexity index is 537. The number of hydrogen-bond acceptors (Lipinski definition) is 4. The fourth-order valence-corrected chi connectivity index (χ4v) is 4.55. The second-order valence-corrected chi connectivity index (χ2v) is 8.03. The summed E-state index contributed by atoms with van der Waals surface area (Å²) >= 11 is 1.65. The molecule has 21 heavy (non-hydrogen) atoms. The number of anilines is 2. The zero-order valence-electron chi connectivity index (χ0n) is 13.3. The van der Waals surface area contributed by atoms with E-state index in [0.29, 0.717) is 5.92 Å². The Kier molecular flexibility index (Phi) is 4.00. The van der Waals surface area contributed by atoms with Crippen LogP contribution in [0.1, 0.15) is 67.6 Å². The molecule has 0 atom stereocenters. The average molecular weight is 306 g/mol. The van der Waals surface area contributed by atoms with Crippen LogP contribution in [0.15, 0.2) is 0 Å². The number of nitrogens with zero attached hydrogens (tertiary/aromatic N) is 1. The fraction of sp³-hybridized carbons (Fsp3) is 0.706. The van der Waals surface area contributed by atoms with E-state index in [0.717, 1.165) is 29.6 Å². The van der Waals surface area contributed by atoms with Gasteiger partial charge in [-0.25, -0.2) is 0 Å². The van der Waals surface area contributed by atoms with Gasteiger partial charge < -0.3 is 10.6 Å². The molecule has 4 heteroatoms. The molecule has 3 rings (SSSR count). The number of carbonyl (C=O) groups is 1. The van der Waals surface area contributed by atoms with Crippen LogP contribution in [-0.4, -0.2) is 18.9 Å². The van der Waals surface area contributed by atoms with Crippen LogP contribution in [0.3, 0.4) is 0 Å². The lowest BCUT2D eigenvalue weighted by Gasteiger charge is -2.32. The molecule has 2 fully saturated rings. The standard InChI is InChI=1S/C17H26N2OS/c1-10(2)15(20)16-14(18)13(12-4-5-12)17(21-16)19-8-6-11(3)7-9-19/h10-12H,4-9,18H2,1-3H3. The van der Waals surface area contributed by atoms with Gasteiger partial charge in [-0.15, -0.1) is 11.3 Å². The topological polar surface area (TPSA) is 46.3 Å². The van der Waals surface area contributed by atoms with Gasteiger partial charge in [-0.05, 0) is 37.5 Å². The molecular formula is C17H26N2OS. The molecule has 0 aromatic carbocycles. The van der Waals surface area contributed by atoms with Gasteiger partial charge in [0, 0.05) is 24.6 Å². The second-order valence-electron chi connectivity index (χ2n) is 7.03. The summed E-state index contributed by atoms with van der Waals surface area (Å²) in [6.45, 7) is 8.46. The molecule has 3 nitrogen and oxygen atoms in total. The predicted octanol–water partition coefficient (Wildman–Crippen LogP) is 4.28. The van der Waals surface area contributed by atoms with Gasteiger partial charge in [0.1, 0.15) is 0 Å². The van der Waals surface area contributed by atoms with Crippen molar-refractivity contribution in [2.24, 2.45) is 11.8 Å². The highest BCUT2D eigenvalue weighted by atomic mass is 32.1. The Balaban J connectivity index is 1.95. The van der Waals surface area contributed by atoms with Crippen LogP contribution in [0.25, 0.3) is 0 Å². The first-order valence-electron chi connectivity index (χ1n) is 8.20. The van der Waals surface area contributed by atoms with E-state index >= 15 is 0 Å². The van der Waals surface area contributed by atoms with Crippen LogP contribution in [0, 0.1) is 11.8 Å². The van der Waals surface area contributed by atoms with Crippen molar-refractivity contribution in [1.82, 2.24) is 0 Å². The number of carbonyl (C=O) groups excluding carboxylic acids is 1. The van der Waals surface area contributed by atoms with Crippen molar-refractivity contribution in [2.45, 2.75) is 52.4 Å². The number of rotatable bonds is 4. The molecule has 0 spiro atoms. The van der Waals surface area contributed by atoms with Crippen molar-refractivity contribution in [3.8, 4) is 0 Å². The molecule has 1 aromatic heterocycles. The highest BCUT2D eigenvalue weighted by molar-refractivity contribution is 7.19. The molecule has 0 bridgehead atoms. The molecule has 2 aliphatic rings. The van der Waals surface area contributed by atoms with E-state index in [2.05, 4.69) is 11.8 Å². The van der Waals surface area contributed by atoms with Crippen LogP contribution in [0.4, 0.5) is 10.7 Å². The lowest BCUT2D eigenvalue weighted by Crippen LogP contribution is -2.32. The van der Waals surface area contributed by atoms with Gasteiger partial charge in [0.25, 0.3) is 0 Å². The van der Waals surface area contributed by atoms with Crippen LogP contribution in [0.5, 0.6) is 0 Å². The first kappa shape index (κ1) is 14.9. The monoisotopic (exact) mass is 306 g/mol. The summed E-state index contributed by atoms with van der Waals surface area (Å²) in [6.07, 6.45) is 4.95. The molecular weight excluding hydrogens is 280 g/mol. The fourth-order valence-electron chi connectivity index (χ4n) is 3.10. The highest BCUT2D eigenvalue weighted by Gasteiger charge is 2.35. The first-order valence-corrected chi connectivity index (χ1v) is 9.02. The first-order chi connectivity index (χ1) is 9.99. The van der Waals surface area contributed by atoms with Crippen LogP contribution in [0.2, 0.25) is 0 Å². The number of nitrogen functional groups attached to an aromatic ring is 1. The van der Waals surface area contributed by atoms with E-state index in [1.807, 2.05) is 13.8 Å². The van der Waals surface area contributed by atoms with E-state index < -0.39 is 0 Å². The van der Waals surface area contributed by atoms with Crippen molar-refractivity contribution in [1.29, 1.82) is 0 Å². The van der Waals surface area contributed by atoms with E-state index in [1.165, 1.54) is 36.2 Å². The maximum Gasteiger partial charge on any atom is 0.177 e. The number of ketones is 1. The van der Waals surface area contributed by atoms with E-state index in [1.54, 1.807) is 11.3 Å². The number of thiophene rings is 1. The van der Waals surface area contributed by atoms with Crippen LogP contribution in [-0.2, 0) is 0 Å². The van der Waals surface area contributed by atoms with Crippen molar-refractivity contribution < 1.29 is 4.79 Å². The minimum absolute atomic E-state index is 0.0206. The molecule has 0 radical (unpaired) electrons. The Morgan fingerprint density at radius 1 is 1.24 bits per heavy atom. The van der Waals surface area contributed by atoms with Gasteiger partial charge in [-0.3, -0.25) is 4.79 Å². The molecule has 1 aliphatic heterocycles. The van der Waals surface area contributed by atoms with Crippen molar-refractivity contribution in [3.05, 3.63) is 10.4 Å². The summed E-state index contributed by atoms with van der Waals surface area (Å²) in [5.41, 5.74) is 8.46. The summed E-state index contributed by atoms with van der Waals surface area (Å²) in [5, 5.41) is 1.30. The van der Waals surface area contributed by atoms with Gasteiger partial charge >= 0.3 is 0 Å². The SMILES string of the molecule is CC1CCN(c2sc(C(=O)C(C)C)c(N)c2C2CC2)CC1. The largest absolute Gasteiger partial charge is 0.397 e. The number of piperidine rings is 1. The molecule has 2 N–H and O–H groups in total. The third-order valence-electron chi connectivity index (χ3n) is 4.77. The lowest BCUT2D eigenvalue weighted by atomic mass is 9.98. The molecule has 1 saturated carbocycles. The summed E-state index contributed by atoms with van der Waals surface area (Å²) < 4.78 is 0. The molecule has 1 saturated heterocycles. The summed E-state index contributed by atoms with van der Waals surface area (Å²) in [6, 6.07) is 0. The summed E-state index contributed by atoms with van der Waals surface area (Å²) in [4.78, 5) is 15.7. The van der Waals surface area contributed by atoms with Crippen molar-refractivity contribution in [2.75, 3.05) is 23.7 Å². The van der Waals surface area contributed by atoms with E-state index in [9.17, 15) is 4.79 Å². The summed E-state index contributed by atoms with van der Waals surface area (Å²) in [7, 11) is 0. The van der Waals surface area contributed by atoms with E-state index in [4.69, 9.17) is 5.73 Å². The van der Waals surface area contributed by atoms with Crippen molar-refractivity contribution in [3.63, 3.8) is 0 Å². The molecule has 116 valence electrons. The highest BCUT2D eigenvalue weighted by Crippen LogP contribution is 2.52. The van der Waals surface area contributed by atoms with E-state index in [-0.39, 0.29) is 11.7 Å². The maximum absolute atomic E-state index is 12.4. The molecule has 1 aromatic rings. The Morgan fingerprint density at radius 3 is 2.38 bits per heavy atom. The zero-order valence-corrected chi connectivity index (χ0v) is 14.1. The Labute approximate surface area is 131 Å². The predicted molar refractivity (Wildman–Crippen MR) is 90.5 cm³/mol. The zero-order chi connectivity index (χ0) is 15.1. The van der Waals surface area contributed by atoms with Gasteiger partial charge in [0.15, 0.2) is 5.78 Å². The molecule has 1 aliphatic carbocycles. The van der Waals surface area contributed by atoms with Crippen LogP contribution >= 0.6 is 11.3 Å². The van der Waals surface area contributed by atoms with Crippen molar-refractivity contribution >= 4 is 27.8 Å². The number of Topliss-reactive ketones (excluding diaryl/α,β-unsaturated/α-hetero) is 1. The molecule has 2 heterocycles. The lowest BCUT2D eigenvalue weighted by molar-refractivity contribution is 0.0944. The van der Waals surface area contributed by atoms with Gasteiger partial charge in [0.2, 0.25) is 0 Å². The van der Waals surface area contributed by atoms with Gasteiger partial charge in [-0.2, -0.15) is 0 Å². The van der Waals surface area contributed by atoms with Gasteiger partial charge in [0.05, 0.1) is 15.6 Å². The summed E-state index contributed by atoms with van der Waals surface area (Å²) in [5.74, 6) is 1.65. The average Bonchev–Trinajstić information content (AvgIpc) is 3.22. The number of nitrogens with two attached hydrogens (primary N) is 1. The third-order valence-corrected chi connectivity index (χ3v) is 6.07. The smallest absolute Gasteiger partial charge is 0.177 e. The third kappa shape index (κ3) is 2.83. The van der Waals surface area contributed by atoms with Crippen LogP contribution < -0.4 is 10.6 Å². The van der Waals surface area contributed by atoms with Gasteiger partial charge in [-0.1, -0.05) is 20.8 Å². The molecule has 0 unspecified atom stereocenters. The maximum atomic E-state index is 12.4. The molecule has 0 amide bonds. The normalized spacial score (nSPS) is 20.3.